The van der Waals surface area contributed by atoms with Crippen molar-refractivity contribution in [2.75, 3.05) is 5.32 Å². The van der Waals surface area contributed by atoms with Crippen molar-refractivity contribution in [2.24, 2.45) is 0 Å². The number of carbonyl (C=O) groups excluding carboxylic acids is 1. The third kappa shape index (κ3) is 3.94. The Morgan fingerprint density at radius 2 is 1.78 bits per heavy atom. The summed E-state index contributed by atoms with van der Waals surface area (Å²) >= 11 is 0. The van der Waals surface area contributed by atoms with Crippen LogP contribution in [-0.4, -0.2) is 23.3 Å². The average molecular weight is 453 g/mol. The van der Waals surface area contributed by atoms with E-state index < -0.39 is 15.8 Å². The fourth-order valence-corrected chi connectivity index (χ4v) is 4.72. The number of fused-ring (bicyclic) bond motifs is 1. The molecule has 0 radical (unpaired) electrons. The molecule has 2 aromatic heterocycles. The van der Waals surface area contributed by atoms with Crippen LogP contribution in [0.2, 0.25) is 0 Å². The van der Waals surface area contributed by atoms with Gasteiger partial charge < -0.3 is 10.1 Å². The first-order valence-corrected chi connectivity index (χ1v) is 11.1. The van der Waals surface area contributed by atoms with Crippen LogP contribution in [0.25, 0.3) is 11.0 Å². The number of nitrogens with one attached hydrogen (secondary N) is 1. The highest BCUT2D eigenvalue weighted by Crippen LogP contribution is 2.35. The van der Waals surface area contributed by atoms with Gasteiger partial charge in [0.05, 0.1) is 10.3 Å². The predicted molar refractivity (Wildman–Crippen MR) is 119 cm³/mol. The van der Waals surface area contributed by atoms with Crippen LogP contribution >= 0.6 is 0 Å². The van der Waals surface area contributed by atoms with Gasteiger partial charge >= 0.3 is 0 Å². The Labute approximate surface area is 184 Å². The van der Waals surface area contributed by atoms with Gasteiger partial charge in [-0.05, 0) is 49.7 Å². The molecule has 0 aliphatic carbocycles. The lowest BCUT2D eigenvalue weighted by Crippen LogP contribution is -2.12. The molecule has 0 unspecified atom stereocenters. The molecule has 4 aromatic rings. The largest absolute Gasteiger partial charge is 0.453 e. The number of aryl methyl sites for hydroxylation is 2. The van der Waals surface area contributed by atoms with Crippen molar-refractivity contribution in [3.05, 3.63) is 77.9 Å². The molecular weight excluding hydrogens is 433 g/mol. The number of hydrogen-bond donors (Lipinski definition) is 1. The maximum Gasteiger partial charge on any atom is 0.269 e. The fourth-order valence-electron chi connectivity index (χ4n) is 3.35. The first-order valence-electron chi connectivity index (χ1n) is 9.71. The quantitative estimate of drug-likeness (QED) is 0.470. The van der Waals surface area contributed by atoms with Gasteiger partial charge in [0.15, 0.2) is 17.2 Å². The second-order valence-corrected chi connectivity index (χ2v) is 9.18. The summed E-state index contributed by atoms with van der Waals surface area (Å²) in [7, 11) is -3.89. The number of carbonyl (C=O) groups is 1. The number of hydrogen-bond acceptors (Lipinski definition) is 5. The Morgan fingerprint density at radius 1 is 1.06 bits per heavy atom. The van der Waals surface area contributed by atoms with Crippen LogP contribution in [0.4, 0.5) is 10.1 Å². The first-order chi connectivity index (χ1) is 15.2. The minimum atomic E-state index is -3.89. The molecule has 0 aliphatic heterocycles. The van der Waals surface area contributed by atoms with Crippen molar-refractivity contribution in [1.82, 2.24) is 8.96 Å². The van der Waals surface area contributed by atoms with Crippen molar-refractivity contribution in [3.8, 4) is 11.5 Å². The number of rotatable bonds is 5. The molecular formula is C23H20FN3O4S. The zero-order valence-electron chi connectivity index (χ0n) is 17.6. The third-order valence-electron chi connectivity index (χ3n) is 4.86. The SMILES string of the molecule is CC(=O)Nc1ccc(Oc2ccnc3c2c(C)cn3S(=O)(=O)c2ccc(C)cc2)c(F)c1. The van der Waals surface area contributed by atoms with Crippen LogP contribution in [-0.2, 0) is 14.8 Å². The van der Waals surface area contributed by atoms with Gasteiger partial charge in [-0.2, -0.15) is 0 Å². The number of amides is 1. The zero-order valence-corrected chi connectivity index (χ0v) is 18.4. The summed E-state index contributed by atoms with van der Waals surface area (Å²) in [6.07, 6.45) is 2.87. The highest BCUT2D eigenvalue weighted by atomic mass is 32.2. The minimum Gasteiger partial charge on any atom is -0.453 e. The molecule has 9 heteroatoms. The first kappa shape index (κ1) is 21.5. The van der Waals surface area contributed by atoms with E-state index in [1.807, 2.05) is 6.92 Å². The highest BCUT2D eigenvalue weighted by Gasteiger charge is 2.23. The molecule has 7 nitrogen and oxygen atoms in total. The van der Waals surface area contributed by atoms with E-state index in [0.29, 0.717) is 16.6 Å². The van der Waals surface area contributed by atoms with Crippen LogP contribution in [0.15, 0.2) is 65.8 Å². The van der Waals surface area contributed by atoms with Gasteiger partial charge in [0.1, 0.15) is 5.75 Å². The van der Waals surface area contributed by atoms with Gasteiger partial charge in [-0.3, -0.25) is 4.79 Å². The van der Waals surface area contributed by atoms with Crippen molar-refractivity contribution in [1.29, 1.82) is 0 Å². The molecule has 2 heterocycles. The molecule has 0 bridgehead atoms. The standard InChI is InChI=1S/C23H20FN3O4S/c1-14-4-7-18(8-5-14)32(29,30)27-13-15(2)22-21(10-11-25-23(22)27)31-20-9-6-17(12-19(20)24)26-16(3)28/h4-13H,1-3H3,(H,26,28). The van der Waals surface area contributed by atoms with Gasteiger partial charge in [-0.15, -0.1) is 0 Å². The van der Waals surface area contributed by atoms with E-state index in [-0.39, 0.29) is 27.9 Å². The summed E-state index contributed by atoms with van der Waals surface area (Å²) in [5, 5.41) is 2.95. The van der Waals surface area contributed by atoms with Gasteiger partial charge in [0, 0.05) is 31.1 Å². The van der Waals surface area contributed by atoms with E-state index in [1.54, 1.807) is 25.1 Å². The second-order valence-electron chi connectivity index (χ2n) is 7.36. The van der Waals surface area contributed by atoms with E-state index >= 15 is 0 Å². The fraction of sp³-hybridized carbons (Fsp3) is 0.130. The summed E-state index contributed by atoms with van der Waals surface area (Å²) in [6, 6.07) is 12.1. The normalized spacial score (nSPS) is 11.5. The maximum absolute atomic E-state index is 14.5. The number of halogens is 1. The molecule has 0 saturated heterocycles. The number of nitrogens with zero attached hydrogens (tertiary/aromatic N) is 2. The van der Waals surface area contributed by atoms with Gasteiger partial charge in [0.2, 0.25) is 5.91 Å². The molecule has 32 heavy (non-hydrogen) atoms. The van der Waals surface area contributed by atoms with E-state index in [0.717, 1.165) is 15.6 Å². The number of anilines is 1. The summed E-state index contributed by atoms with van der Waals surface area (Å²) in [5.74, 6) is -0.803. The molecule has 2 aromatic carbocycles. The third-order valence-corrected chi connectivity index (χ3v) is 6.52. The summed E-state index contributed by atoms with van der Waals surface area (Å²) < 4.78 is 47.8. The Hall–Kier alpha value is -3.72. The molecule has 4 rings (SSSR count). The minimum absolute atomic E-state index is 0.0693. The Morgan fingerprint density at radius 3 is 2.44 bits per heavy atom. The van der Waals surface area contributed by atoms with Crippen LogP contribution in [0.5, 0.6) is 11.5 Å². The zero-order chi connectivity index (χ0) is 23.0. The van der Waals surface area contributed by atoms with E-state index in [1.165, 1.54) is 43.6 Å². The maximum atomic E-state index is 14.5. The van der Waals surface area contributed by atoms with Crippen LogP contribution < -0.4 is 10.1 Å². The summed E-state index contributed by atoms with van der Waals surface area (Å²) in [4.78, 5) is 15.5. The number of pyridine rings is 1. The number of benzene rings is 2. The predicted octanol–water partition coefficient (Wildman–Crippen LogP) is 4.78. The lowest BCUT2D eigenvalue weighted by molar-refractivity contribution is -0.114. The average Bonchev–Trinajstić information content (AvgIpc) is 3.08. The Kier molecular flexibility index (Phi) is 5.43. The monoisotopic (exact) mass is 453 g/mol. The Bertz CT molecular complexity index is 1440. The topological polar surface area (TPSA) is 90.3 Å². The smallest absolute Gasteiger partial charge is 0.269 e. The number of ether oxygens (including phenoxy) is 1. The molecule has 0 saturated carbocycles. The van der Waals surface area contributed by atoms with E-state index in [9.17, 15) is 17.6 Å². The van der Waals surface area contributed by atoms with Crippen LogP contribution in [0.1, 0.15) is 18.1 Å². The lowest BCUT2D eigenvalue weighted by atomic mass is 10.2. The molecule has 1 amide bonds. The van der Waals surface area contributed by atoms with E-state index in [2.05, 4.69) is 10.3 Å². The van der Waals surface area contributed by atoms with Crippen molar-refractivity contribution >= 4 is 32.7 Å². The van der Waals surface area contributed by atoms with Crippen molar-refractivity contribution in [2.45, 2.75) is 25.7 Å². The molecule has 0 aliphatic rings. The molecule has 0 fully saturated rings. The van der Waals surface area contributed by atoms with Crippen LogP contribution in [0, 0.1) is 19.7 Å². The number of aromatic nitrogens is 2. The summed E-state index contributed by atoms with van der Waals surface area (Å²) in [6.45, 7) is 4.93. The van der Waals surface area contributed by atoms with E-state index in [4.69, 9.17) is 4.74 Å². The van der Waals surface area contributed by atoms with Gasteiger partial charge in [-0.1, -0.05) is 17.7 Å². The van der Waals surface area contributed by atoms with Crippen molar-refractivity contribution < 1.29 is 22.3 Å². The highest BCUT2D eigenvalue weighted by molar-refractivity contribution is 7.90. The molecule has 164 valence electrons. The molecule has 1 N–H and O–H groups in total. The lowest BCUT2D eigenvalue weighted by Gasteiger charge is -2.11. The van der Waals surface area contributed by atoms with Gasteiger partial charge in [0.25, 0.3) is 10.0 Å². The Balaban J connectivity index is 1.77. The second kappa shape index (κ2) is 8.08. The van der Waals surface area contributed by atoms with Crippen LogP contribution in [0.3, 0.4) is 0 Å². The van der Waals surface area contributed by atoms with Crippen molar-refractivity contribution in [3.63, 3.8) is 0 Å². The van der Waals surface area contributed by atoms with Gasteiger partial charge in [-0.25, -0.2) is 21.8 Å². The molecule has 0 spiro atoms. The molecule has 0 atom stereocenters. The summed E-state index contributed by atoms with van der Waals surface area (Å²) in [5.41, 5.74) is 2.02.